The van der Waals surface area contributed by atoms with Gasteiger partial charge in [0.2, 0.25) is 0 Å². The fraction of sp³-hybridized carbons (Fsp3) is 0.185. The van der Waals surface area contributed by atoms with Crippen molar-refractivity contribution in [3.63, 3.8) is 0 Å². The van der Waals surface area contributed by atoms with Crippen molar-refractivity contribution in [3.05, 3.63) is 83.4 Å². The monoisotopic (exact) mass is 485 g/mol. The van der Waals surface area contributed by atoms with E-state index in [1.54, 1.807) is 37.1 Å². The molecule has 0 spiro atoms. The van der Waals surface area contributed by atoms with E-state index in [4.69, 9.17) is 14.5 Å². The van der Waals surface area contributed by atoms with E-state index in [2.05, 4.69) is 4.98 Å². The lowest BCUT2D eigenvalue weighted by atomic mass is 10.1. The third kappa shape index (κ3) is 4.65. The summed E-state index contributed by atoms with van der Waals surface area (Å²) >= 11 is 1.52. The molecule has 1 aliphatic heterocycles. The van der Waals surface area contributed by atoms with Crippen LogP contribution in [0, 0.1) is 0 Å². The topological polar surface area (TPSA) is 81.6 Å². The predicted molar refractivity (Wildman–Crippen MR) is 134 cm³/mol. The van der Waals surface area contributed by atoms with Crippen LogP contribution < -0.4 is 9.64 Å². The molecule has 1 aliphatic rings. The largest absolute Gasteiger partial charge is 0.479 e. The van der Waals surface area contributed by atoms with Crippen LogP contribution in [0.4, 0.5) is 5.69 Å². The lowest BCUT2D eigenvalue weighted by Gasteiger charge is -2.33. The molecule has 0 bridgehead atoms. The van der Waals surface area contributed by atoms with E-state index in [1.165, 1.54) is 11.3 Å². The maximum absolute atomic E-state index is 13.1. The smallest absolute Gasteiger partial charge is 0.338 e. The number of esters is 1. The minimum Gasteiger partial charge on any atom is -0.479 e. The summed E-state index contributed by atoms with van der Waals surface area (Å²) in [6.45, 7) is 4.19. The summed E-state index contributed by atoms with van der Waals surface area (Å²) < 4.78 is 10.9. The average Bonchev–Trinajstić information content (AvgIpc) is 3.38. The average molecular weight is 486 g/mol. The molecule has 0 aliphatic carbocycles. The molecule has 1 atom stereocenters. The molecule has 2 aromatic carbocycles. The molecule has 35 heavy (non-hydrogen) atoms. The van der Waals surface area contributed by atoms with Gasteiger partial charge in [0.15, 0.2) is 6.10 Å². The molecule has 8 heteroatoms. The van der Waals surface area contributed by atoms with Gasteiger partial charge in [-0.25, -0.2) is 9.78 Å². The number of carbonyl (C=O) groups is 2. The molecule has 1 amide bonds. The maximum atomic E-state index is 13.1. The quantitative estimate of drug-likeness (QED) is 0.342. The predicted octanol–water partition coefficient (Wildman–Crippen LogP) is 5.36. The summed E-state index contributed by atoms with van der Waals surface area (Å²) in [6, 6.07) is 18.6. The second-order valence-electron chi connectivity index (χ2n) is 8.04. The van der Waals surface area contributed by atoms with Gasteiger partial charge in [0, 0.05) is 17.1 Å². The van der Waals surface area contributed by atoms with Gasteiger partial charge in [-0.2, -0.15) is 0 Å². The van der Waals surface area contributed by atoms with Gasteiger partial charge in [-0.05, 0) is 61.9 Å². The minimum atomic E-state index is -0.595. The van der Waals surface area contributed by atoms with E-state index in [0.717, 1.165) is 27.5 Å². The van der Waals surface area contributed by atoms with Crippen LogP contribution in [0.2, 0.25) is 0 Å². The van der Waals surface area contributed by atoms with Crippen molar-refractivity contribution in [3.8, 4) is 27.7 Å². The van der Waals surface area contributed by atoms with Crippen LogP contribution in [0.5, 0.6) is 5.75 Å². The molecule has 2 aromatic heterocycles. The van der Waals surface area contributed by atoms with E-state index < -0.39 is 6.10 Å². The van der Waals surface area contributed by atoms with Gasteiger partial charge in [-0.3, -0.25) is 9.78 Å². The highest BCUT2D eigenvalue weighted by molar-refractivity contribution is 7.13. The van der Waals surface area contributed by atoms with Gasteiger partial charge >= 0.3 is 5.97 Å². The fourth-order valence-corrected chi connectivity index (χ4v) is 4.69. The third-order valence-electron chi connectivity index (χ3n) is 5.66. The summed E-state index contributed by atoms with van der Waals surface area (Å²) in [6.07, 6.45) is 1.15. The Morgan fingerprint density at radius 1 is 1.11 bits per heavy atom. The normalized spacial score (nSPS) is 14.9. The number of benzene rings is 2. The number of fused-ring (bicyclic) bond motifs is 1. The zero-order chi connectivity index (χ0) is 24.4. The summed E-state index contributed by atoms with van der Waals surface area (Å²) in [4.78, 5) is 35.9. The molecule has 4 aromatic rings. The number of hydrogen-bond donors (Lipinski definition) is 0. The van der Waals surface area contributed by atoms with Crippen molar-refractivity contribution in [1.29, 1.82) is 0 Å². The van der Waals surface area contributed by atoms with Crippen molar-refractivity contribution in [2.75, 3.05) is 11.5 Å². The zero-order valence-corrected chi connectivity index (χ0v) is 20.1. The molecular weight excluding hydrogens is 462 g/mol. The van der Waals surface area contributed by atoms with Crippen molar-refractivity contribution in [1.82, 2.24) is 9.97 Å². The number of pyridine rings is 1. The number of rotatable bonds is 6. The molecule has 176 valence electrons. The van der Waals surface area contributed by atoms with E-state index in [9.17, 15) is 9.59 Å². The van der Waals surface area contributed by atoms with Gasteiger partial charge in [0.25, 0.3) is 5.91 Å². The summed E-state index contributed by atoms with van der Waals surface area (Å²) in [7, 11) is 0. The number of carbonyl (C=O) groups excluding carboxylic acids is 2. The number of thiazole rings is 1. The van der Waals surface area contributed by atoms with Crippen LogP contribution >= 0.6 is 11.3 Å². The van der Waals surface area contributed by atoms with Crippen LogP contribution in [0.25, 0.3) is 22.0 Å². The highest BCUT2D eigenvalue weighted by Crippen LogP contribution is 2.39. The number of aromatic nitrogens is 2. The summed E-state index contributed by atoms with van der Waals surface area (Å²) in [5.74, 6) is 0.152. The highest BCUT2D eigenvalue weighted by atomic mass is 32.1. The van der Waals surface area contributed by atoms with Gasteiger partial charge < -0.3 is 14.4 Å². The second-order valence-corrected chi connectivity index (χ2v) is 8.90. The Morgan fingerprint density at radius 2 is 1.94 bits per heavy atom. The Bertz CT molecular complexity index is 1370. The van der Waals surface area contributed by atoms with E-state index in [-0.39, 0.29) is 11.9 Å². The van der Waals surface area contributed by atoms with Crippen molar-refractivity contribution < 1.29 is 19.1 Å². The minimum absolute atomic E-state index is 0.128. The number of ether oxygens (including phenoxy) is 2. The second kappa shape index (κ2) is 9.68. The van der Waals surface area contributed by atoms with Crippen LogP contribution in [0.3, 0.4) is 0 Å². The van der Waals surface area contributed by atoms with Gasteiger partial charge in [-0.15, -0.1) is 11.3 Å². The van der Waals surface area contributed by atoms with Crippen molar-refractivity contribution in [2.45, 2.75) is 26.5 Å². The molecule has 0 radical (unpaired) electrons. The number of anilines is 1. The van der Waals surface area contributed by atoms with Crippen LogP contribution in [0.1, 0.15) is 29.8 Å². The Labute approximate surface area is 207 Å². The van der Waals surface area contributed by atoms with Crippen LogP contribution in [-0.2, 0) is 16.1 Å². The lowest BCUT2D eigenvalue weighted by molar-refractivity contribution is -0.125. The first-order chi connectivity index (χ1) is 17.0. The first-order valence-corrected chi connectivity index (χ1v) is 12.2. The van der Waals surface area contributed by atoms with E-state index in [1.807, 2.05) is 53.9 Å². The molecule has 0 saturated heterocycles. The molecule has 0 N–H and O–H groups in total. The number of amides is 1. The summed E-state index contributed by atoms with van der Waals surface area (Å²) in [5, 5.41) is 2.82. The van der Waals surface area contributed by atoms with Crippen LogP contribution in [-0.4, -0.2) is 34.6 Å². The Morgan fingerprint density at radius 3 is 2.69 bits per heavy atom. The Kier molecular flexibility index (Phi) is 6.29. The fourth-order valence-electron chi connectivity index (χ4n) is 3.89. The molecule has 0 saturated carbocycles. The maximum Gasteiger partial charge on any atom is 0.338 e. The van der Waals surface area contributed by atoms with Crippen molar-refractivity contribution >= 4 is 28.9 Å². The molecule has 0 fully saturated rings. The summed E-state index contributed by atoms with van der Waals surface area (Å²) in [5.41, 5.74) is 4.57. The van der Waals surface area contributed by atoms with Crippen LogP contribution in [0.15, 0.2) is 72.2 Å². The molecule has 5 rings (SSSR count). The first-order valence-electron chi connectivity index (χ1n) is 11.3. The van der Waals surface area contributed by atoms with Gasteiger partial charge in [0.1, 0.15) is 10.8 Å². The Hall–Kier alpha value is -4.04. The number of hydrogen-bond acceptors (Lipinski definition) is 7. The number of nitrogens with zero attached hydrogens (tertiary/aromatic N) is 3. The molecule has 1 unspecified atom stereocenters. The SMILES string of the molecule is CCOC(=O)c1ccc(CN2C(=O)C(C)Oc3ccc(-c4csc(-c5ccccn5)n4)cc32)cc1. The zero-order valence-electron chi connectivity index (χ0n) is 19.3. The van der Waals surface area contributed by atoms with Crippen molar-refractivity contribution in [2.24, 2.45) is 0 Å². The molecule has 3 heterocycles. The lowest BCUT2D eigenvalue weighted by Crippen LogP contribution is -2.44. The van der Waals surface area contributed by atoms with Gasteiger partial charge in [-0.1, -0.05) is 18.2 Å². The standard InChI is InChI=1S/C27H23N3O4S/c1-3-33-27(32)19-9-7-18(8-10-19)15-30-23-14-20(11-12-24(23)34-17(2)26(30)31)22-16-35-25(29-22)21-6-4-5-13-28-21/h4-14,16-17H,3,15H2,1-2H3. The van der Waals surface area contributed by atoms with Gasteiger partial charge in [0.05, 0.1) is 35.8 Å². The molecule has 7 nitrogen and oxygen atoms in total. The Balaban J connectivity index is 1.44. The molecular formula is C27H23N3O4S. The highest BCUT2D eigenvalue weighted by Gasteiger charge is 2.32. The third-order valence-corrected chi connectivity index (χ3v) is 6.52. The van der Waals surface area contributed by atoms with E-state index >= 15 is 0 Å². The first kappa shape index (κ1) is 22.7. The van der Waals surface area contributed by atoms with E-state index in [0.29, 0.717) is 30.2 Å².